The van der Waals surface area contributed by atoms with E-state index >= 15 is 0 Å². The molecule has 0 fully saturated rings. The van der Waals surface area contributed by atoms with Crippen molar-refractivity contribution in [1.29, 1.82) is 5.41 Å². The quantitative estimate of drug-likeness (QED) is 0.758. The summed E-state index contributed by atoms with van der Waals surface area (Å²) in [7, 11) is 0. The summed E-state index contributed by atoms with van der Waals surface area (Å²) in [5.74, 6) is 0.854. The van der Waals surface area contributed by atoms with Crippen molar-refractivity contribution >= 4 is 33.5 Å². The van der Waals surface area contributed by atoms with Gasteiger partial charge in [0.25, 0.3) is 0 Å². The Morgan fingerprint density at radius 2 is 1.85 bits per heavy atom. The molecule has 0 amide bonds. The second-order valence-corrected chi connectivity index (χ2v) is 5.61. The minimum Gasteiger partial charge on any atom is -0.491 e. The molecule has 2 N–H and O–H groups in total. The maximum absolute atomic E-state index is 7.43. The maximum Gasteiger partial charge on any atom is 0.119 e. The zero-order valence-corrected chi connectivity index (χ0v) is 13.1. The average molecular weight is 333 g/mol. The van der Waals surface area contributed by atoms with E-state index in [2.05, 4.69) is 21.2 Å². The third kappa shape index (κ3) is 3.84. The molecule has 20 heavy (non-hydrogen) atoms. The van der Waals surface area contributed by atoms with Crippen LogP contribution in [0.25, 0.3) is 0 Å². The van der Waals surface area contributed by atoms with Crippen molar-refractivity contribution in [2.45, 2.75) is 20.0 Å². The number of hydrogen-bond acceptors (Lipinski definition) is 3. The van der Waals surface area contributed by atoms with Gasteiger partial charge >= 0.3 is 0 Å². The molecule has 0 radical (unpaired) electrons. The number of nitrogens with one attached hydrogen (secondary N) is 2. The average Bonchev–Trinajstić information content (AvgIpc) is 2.41. The molecule has 2 aromatic rings. The molecule has 2 rings (SSSR count). The van der Waals surface area contributed by atoms with Crippen molar-refractivity contribution in [3.05, 3.63) is 52.5 Å². The number of ether oxygens (including phenoxy) is 1. The molecular weight excluding hydrogens is 316 g/mol. The van der Waals surface area contributed by atoms with Gasteiger partial charge in [-0.3, -0.25) is 0 Å². The molecule has 0 aromatic heterocycles. The molecule has 0 aliphatic carbocycles. The van der Waals surface area contributed by atoms with Gasteiger partial charge in [-0.05, 0) is 50.2 Å². The summed E-state index contributed by atoms with van der Waals surface area (Å²) < 4.78 is 6.59. The summed E-state index contributed by atoms with van der Waals surface area (Å²) in [6, 6.07) is 13.6. The second-order valence-electron chi connectivity index (χ2n) is 4.69. The van der Waals surface area contributed by atoms with Crippen molar-refractivity contribution < 1.29 is 4.74 Å². The maximum atomic E-state index is 7.43. The second kappa shape index (κ2) is 6.57. The van der Waals surface area contributed by atoms with E-state index in [0.717, 1.165) is 27.2 Å². The fraction of sp³-hybridized carbons (Fsp3) is 0.188. The SMILES string of the molecule is CC(C)Oc1ccc(Nc2cc(Br)ccc2C=N)cc1. The van der Waals surface area contributed by atoms with Gasteiger partial charge in [-0.1, -0.05) is 22.0 Å². The smallest absolute Gasteiger partial charge is 0.119 e. The largest absolute Gasteiger partial charge is 0.491 e. The predicted molar refractivity (Wildman–Crippen MR) is 87.5 cm³/mol. The zero-order valence-electron chi connectivity index (χ0n) is 11.5. The topological polar surface area (TPSA) is 45.1 Å². The highest BCUT2D eigenvalue weighted by Crippen LogP contribution is 2.25. The van der Waals surface area contributed by atoms with Crippen LogP contribution in [0.3, 0.4) is 0 Å². The van der Waals surface area contributed by atoms with Crippen LogP contribution < -0.4 is 10.1 Å². The summed E-state index contributed by atoms with van der Waals surface area (Å²) >= 11 is 3.44. The van der Waals surface area contributed by atoms with Crippen LogP contribution in [0.1, 0.15) is 19.4 Å². The van der Waals surface area contributed by atoms with Crippen LogP contribution in [0.2, 0.25) is 0 Å². The first kappa shape index (κ1) is 14.6. The molecule has 104 valence electrons. The molecular formula is C16H17BrN2O. The van der Waals surface area contributed by atoms with Crippen LogP contribution >= 0.6 is 15.9 Å². The fourth-order valence-electron chi connectivity index (χ4n) is 1.81. The lowest BCUT2D eigenvalue weighted by molar-refractivity contribution is 0.242. The molecule has 0 spiro atoms. The van der Waals surface area contributed by atoms with E-state index < -0.39 is 0 Å². The summed E-state index contributed by atoms with van der Waals surface area (Å²) in [5, 5.41) is 10.7. The first-order valence-electron chi connectivity index (χ1n) is 6.42. The van der Waals surface area contributed by atoms with Crippen LogP contribution in [0.15, 0.2) is 46.9 Å². The van der Waals surface area contributed by atoms with Crippen molar-refractivity contribution in [3.63, 3.8) is 0 Å². The zero-order chi connectivity index (χ0) is 14.5. The van der Waals surface area contributed by atoms with E-state index in [4.69, 9.17) is 10.1 Å². The highest BCUT2D eigenvalue weighted by molar-refractivity contribution is 9.10. The molecule has 0 atom stereocenters. The number of rotatable bonds is 5. The Labute approximate surface area is 127 Å². The first-order chi connectivity index (χ1) is 9.58. The van der Waals surface area contributed by atoms with Crippen LogP contribution in [-0.4, -0.2) is 12.3 Å². The number of anilines is 2. The van der Waals surface area contributed by atoms with Crippen LogP contribution in [0.5, 0.6) is 5.75 Å². The van der Waals surface area contributed by atoms with Crippen LogP contribution in [0, 0.1) is 5.41 Å². The summed E-state index contributed by atoms with van der Waals surface area (Å²) in [6.07, 6.45) is 1.51. The Bertz CT molecular complexity index is 594. The van der Waals surface area contributed by atoms with E-state index in [-0.39, 0.29) is 6.10 Å². The lowest BCUT2D eigenvalue weighted by Gasteiger charge is -2.12. The Kier molecular flexibility index (Phi) is 4.79. The van der Waals surface area contributed by atoms with Gasteiger partial charge in [-0.15, -0.1) is 0 Å². The number of hydrogen-bond donors (Lipinski definition) is 2. The third-order valence-electron chi connectivity index (χ3n) is 2.68. The minimum atomic E-state index is 0.170. The van der Waals surface area contributed by atoms with Crippen molar-refractivity contribution in [2.75, 3.05) is 5.32 Å². The highest BCUT2D eigenvalue weighted by atomic mass is 79.9. The standard InChI is InChI=1S/C16H17BrN2O/c1-11(2)20-15-7-5-14(6-8-15)19-16-9-13(17)4-3-12(16)10-18/h3-11,18-19H,1-2H3. The molecule has 0 saturated heterocycles. The summed E-state index contributed by atoms with van der Waals surface area (Å²) in [6.45, 7) is 4.01. The predicted octanol–water partition coefficient (Wildman–Crippen LogP) is 4.98. The molecule has 3 nitrogen and oxygen atoms in total. The Morgan fingerprint density at radius 3 is 2.45 bits per heavy atom. The molecule has 0 unspecified atom stereocenters. The molecule has 0 bridgehead atoms. The van der Waals surface area contributed by atoms with Crippen molar-refractivity contribution in [3.8, 4) is 5.75 Å². The third-order valence-corrected chi connectivity index (χ3v) is 3.17. The molecule has 2 aromatic carbocycles. The Hall–Kier alpha value is -1.81. The van der Waals surface area contributed by atoms with Gasteiger partial charge in [-0.2, -0.15) is 0 Å². The van der Waals surface area contributed by atoms with E-state index in [1.165, 1.54) is 6.21 Å². The minimum absolute atomic E-state index is 0.170. The van der Waals surface area contributed by atoms with Gasteiger partial charge in [0.05, 0.1) is 6.10 Å². The molecule has 0 saturated carbocycles. The van der Waals surface area contributed by atoms with Gasteiger partial charge in [0.15, 0.2) is 0 Å². The summed E-state index contributed by atoms with van der Waals surface area (Å²) in [5.41, 5.74) is 2.70. The number of halogens is 1. The molecule has 0 heterocycles. The first-order valence-corrected chi connectivity index (χ1v) is 7.21. The van der Waals surface area contributed by atoms with E-state index in [1.54, 1.807) is 0 Å². The normalized spacial score (nSPS) is 10.4. The fourth-order valence-corrected chi connectivity index (χ4v) is 2.17. The molecule has 0 aliphatic rings. The van der Waals surface area contributed by atoms with Crippen molar-refractivity contribution in [2.24, 2.45) is 0 Å². The highest BCUT2D eigenvalue weighted by Gasteiger charge is 2.03. The lowest BCUT2D eigenvalue weighted by Crippen LogP contribution is -2.05. The Morgan fingerprint density at radius 1 is 1.15 bits per heavy atom. The Balaban J connectivity index is 2.17. The van der Waals surface area contributed by atoms with Gasteiger partial charge in [-0.25, -0.2) is 0 Å². The monoisotopic (exact) mass is 332 g/mol. The lowest BCUT2D eigenvalue weighted by atomic mass is 10.2. The van der Waals surface area contributed by atoms with Crippen LogP contribution in [0.4, 0.5) is 11.4 Å². The van der Waals surface area contributed by atoms with Gasteiger partial charge in [0.2, 0.25) is 0 Å². The van der Waals surface area contributed by atoms with Gasteiger partial charge in [0, 0.05) is 27.6 Å². The summed E-state index contributed by atoms with van der Waals surface area (Å²) in [4.78, 5) is 0. The number of benzene rings is 2. The van der Waals surface area contributed by atoms with E-state index in [1.807, 2.05) is 56.3 Å². The molecule has 4 heteroatoms. The van der Waals surface area contributed by atoms with E-state index in [9.17, 15) is 0 Å². The van der Waals surface area contributed by atoms with Gasteiger partial charge in [0.1, 0.15) is 5.75 Å². The molecule has 0 aliphatic heterocycles. The van der Waals surface area contributed by atoms with Crippen LogP contribution in [-0.2, 0) is 0 Å². The van der Waals surface area contributed by atoms with E-state index in [0.29, 0.717) is 0 Å². The van der Waals surface area contributed by atoms with Crippen molar-refractivity contribution in [1.82, 2.24) is 0 Å². The van der Waals surface area contributed by atoms with Gasteiger partial charge < -0.3 is 15.5 Å².